The quantitative estimate of drug-likeness (QED) is 0.524. The standard InChI is InChI=1S/C10H18N2O3/c1-10(9(14)15,7-4-5-7)12-6-2-3-8(11)13/h7,12H,2-6H2,1H3,(H2,11,13)(H,14,15). The Morgan fingerprint density at radius 3 is 2.53 bits per heavy atom. The summed E-state index contributed by atoms with van der Waals surface area (Å²) in [7, 11) is 0. The summed E-state index contributed by atoms with van der Waals surface area (Å²) < 4.78 is 0. The Morgan fingerprint density at radius 2 is 2.13 bits per heavy atom. The van der Waals surface area contributed by atoms with Gasteiger partial charge < -0.3 is 16.2 Å². The summed E-state index contributed by atoms with van der Waals surface area (Å²) in [4.78, 5) is 21.6. The zero-order chi connectivity index (χ0) is 11.5. The van der Waals surface area contributed by atoms with E-state index in [2.05, 4.69) is 5.32 Å². The van der Waals surface area contributed by atoms with Crippen LogP contribution in [-0.2, 0) is 9.59 Å². The minimum Gasteiger partial charge on any atom is -0.480 e. The zero-order valence-electron chi connectivity index (χ0n) is 8.95. The fourth-order valence-electron chi connectivity index (χ4n) is 1.67. The van der Waals surface area contributed by atoms with E-state index in [1.54, 1.807) is 6.92 Å². The van der Waals surface area contributed by atoms with E-state index < -0.39 is 11.5 Å². The molecule has 0 spiro atoms. The monoisotopic (exact) mass is 214 g/mol. The van der Waals surface area contributed by atoms with Crippen LogP contribution in [0.15, 0.2) is 0 Å². The number of nitrogens with two attached hydrogens (primary N) is 1. The second kappa shape index (κ2) is 4.61. The summed E-state index contributed by atoms with van der Waals surface area (Å²) in [6.07, 6.45) is 2.82. The van der Waals surface area contributed by atoms with Crippen molar-refractivity contribution < 1.29 is 14.7 Å². The van der Waals surface area contributed by atoms with E-state index in [1.807, 2.05) is 0 Å². The van der Waals surface area contributed by atoms with Crippen LogP contribution in [0.25, 0.3) is 0 Å². The summed E-state index contributed by atoms with van der Waals surface area (Å²) in [5.41, 5.74) is 4.16. The minimum absolute atomic E-state index is 0.226. The van der Waals surface area contributed by atoms with Gasteiger partial charge in [-0.15, -0.1) is 0 Å². The molecule has 1 rings (SSSR count). The average Bonchev–Trinajstić information content (AvgIpc) is 2.94. The number of aliphatic carboxylic acids is 1. The van der Waals surface area contributed by atoms with Crippen molar-refractivity contribution >= 4 is 11.9 Å². The molecule has 1 unspecified atom stereocenters. The van der Waals surface area contributed by atoms with E-state index in [-0.39, 0.29) is 11.8 Å². The van der Waals surface area contributed by atoms with Crippen LogP contribution < -0.4 is 11.1 Å². The van der Waals surface area contributed by atoms with Crippen molar-refractivity contribution in [1.82, 2.24) is 5.32 Å². The van der Waals surface area contributed by atoms with Gasteiger partial charge in [-0.3, -0.25) is 9.59 Å². The molecule has 0 aromatic heterocycles. The highest BCUT2D eigenvalue weighted by Gasteiger charge is 2.46. The maximum Gasteiger partial charge on any atom is 0.323 e. The first-order valence-corrected chi connectivity index (χ1v) is 5.23. The Labute approximate surface area is 89.0 Å². The molecule has 5 heteroatoms. The molecule has 1 fully saturated rings. The lowest BCUT2D eigenvalue weighted by molar-refractivity contribution is -0.145. The summed E-state index contributed by atoms with van der Waals surface area (Å²) >= 11 is 0. The third-order valence-corrected chi connectivity index (χ3v) is 2.93. The van der Waals surface area contributed by atoms with E-state index in [4.69, 9.17) is 10.8 Å². The fraction of sp³-hybridized carbons (Fsp3) is 0.800. The number of rotatable bonds is 7. The summed E-state index contributed by atoms with van der Waals surface area (Å²) in [6, 6.07) is 0. The van der Waals surface area contributed by atoms with Gasteiger partial charge >= 0.3 is 5.97 Å². The molecule has 0 radical (unpaired) electrons. The Balaban J connectivity index is 2.32. The van der Waals surface area contributed by atoms with Gasteiger partial charge in [-0.1, -0.05) is 0 Å². The van der Waals surface area contributed by atoms with Crippen molar-refractivity contribution in [2.24, 2.45) is 11.7 Å². The molecule has 0 bridgehead atoms. The average molecular weight is 214 g/mol. The topological polar surface area (TPSA) is 92.4 Å². The Kier molecular flexibility index (Phi) is 3.68. The number of hydrogen-bond acceptors (Lipinski definition) is 3. The largest absolute Gasteiger partial charge is 0.480 e. The smallest absolute Gasteiger partial charge is 0.323 e. The van der Waals surface area contributed by atoms with Crippen molar-refractivity contribution in [3.8, 4) is 0 Å². The molecule has 0 aromatic carbocycles. The van der Waals surface area contributed by atoms with Crippen LogP contribution in [0.2, 0.25) is 0 Å². The van der Waals surface area contributed by atoms with Gasteiger partial charge in [-0.2, -0.15) is 0 Å². The highest BCUT2D eigenvalue weighted by atomic mass is 16.4. The summed E-state index contributed by atoms with van der Waals surface area (Å²) in [6.45, 7) is 2.22. The highest BCUT2D eigenvalue weighted by Crippen LogP contribution is 2.39. The first-order valence-electron chi connectivity index (χ1n) is 5.23. The van der Waals surface area contributed by atoms with Crippen LogP contribution in [0.1, 0.15) is 32.6 Å². The molecule has 1 aliphatic rings. The lowest BCUT2D eigenvalue weighted by Crippen LogP contribution is -2.51. The highest BCUT2D eigenvalue weighted by molar-refractivity contribution is 5.79. The van der Waals surface area contributed by atoms with E-state index in [0.29, 0.717) is 19.4 Å². The summed E-state index contributed by atoms with van der Waals surface area (Å²) in [5.74, 6) is -0.937. The Bertz CT molecular complexity index is 263. The molecule has 0 heterocycles. The molecule has 1 aliphatic carbocycles. The summed E-state index contributed by atoms with van der Waals surface area (Å²) in [5, 5.41) is 12.1. The van der Waals surface area contributed by atoms with Crippen LogP contribution in [0.5, 0.6) is 0 Å². The molecule has 1 saturated carbocycles. The molecular formula is C10H18N2O3. The van der Waals surface area contributed by atoms with Gasteiger partial charge in [0.15, 0.2) is 0 Å². The van der Waals surface area contributed by atoms with Crippen LogP contribution in [0.3, 0.4) is 0 Å². The van der Waals surface area contributed by atoms with Crippen molar-refractivity contribution in [2.45, 2.75) is 38.1 Å². The number of carbonyl (C=O) groups is 2. The lowest BCUT2D eigenvalue weighted by atomic mass is 9.96. The van der Waals surface area contributed by atoms with Crippen molar-refractivity contribution in [3.63, 3.8) is 0 Å². The molecule has 1 atom stereocenters. The molecule has 0 aromatic rings. The van der Waals surface area contributed by atoms with Crippen molar-refractivity contribution in [2.75, 3.05) is 6.54 Å². The first kappa shape index (κ1) is 12.0. The van der Waals surface area contributed by atoms with Gasteiger partial charge in [-0.05, 0) is 38.6 Å². The van der Waals surface area contributed by atoms with Gasteiger partial charge in [0.1, 0.15) is 5.54 Å². The van der Waals surface area contributed by atoms with Gasteiger partial charge in [0, 0.05) is 6.42 Å². The van der Waals surface area contributed by atoms with Crippen LogP contribution in [-0.4, -0.2) is 29.1 Å². The van der Waals surface area contributed by atoms with Crippen molar-refractivity contribution in [3.05, 3.63) is 0 Å². The van der Waals surface area contributed by atoms with E-state index in [9.17, 15) is 9.59 Å². The van der Waals surface area contributed by atoms with Gasteiger partial charge in [0.25, 0.3) is 0 Å². The predicted molar refractivity (Wildman–Crippen MR) is 55.2 cm³/mol. The van der Waals surface area contributed by atoms with E-state index in [1.165, 1.54) is 0 Å². The number of hydrogen-bond donors (Lipinski definition) is 3. The van der Waals surface area contributed by atoms with Gasteiger partial charge in [-0.25, -0.2) is 0 Å². The van der Waals surface area contributed by atoms with E-state index in [0.717, 1.165) is 12.8 Å². The zero-order valence-corrected chi connectivity index (χ0v) is 8.95. The molecule has 5 nitrogen and oxygen atoms in total. The van der Waals surface area contributed by atoms with Crippen molar-refractivity contribution in [1.29, 1.82) is 0 Å². The minimum atomic E-state index is -0.836. The number of amides is 1. The molecule has 15 heavy (non-hydrogen) atoms. The maximum atomic E-state index is 11.1. The van der Waals surface area contributed by atoms with E-state index >= 15 is 0 Å². The van der Waals surface area contributed by atoms with Crippen LogP contribution in [0, 0.1) is 5.92 Å². The Morgan fingerprint density at radius 1 is 1.53 bits per heavy atom. The number of nitrogens with one attached hydrogen (secondary N) is 1. The third kappa shape index (κ3) is 3.20. The predicted octanol–water partition coefficient (Wildman–Crippen LogP) is 0.0948. The maximum absolute atomic E-state index is 11.1. The second-order valence-corrected chi connectivity index (χ2v) is 4.28. The second-order valence-electron chi connectivity index (χ2n) is 4.28. The van der Waals surface area contributed by atoms with Gasteiger partial charge in [0.05, 0.1) is 0 Å². The molecule has 86 valence electrons. The first-order chi connectivity index (χ1) is 6.97. The number of carbonyl (C=O) groups excluding carboxylic acids is 1. The Hall–Kier alpha value is -1.10. The third-order valence-electron chi connectivity index (χ3n) is 2.93. The molecule has 1 amide bonds. The lowest BCUT2D eigenvalue weighted by Gasteiger charge is -2.26. The molecule has 0 aliphatic heterocycles. The van der Waals surface area contributed by atoms with Crippen LogP contribution in [0.4, 0.5) is 0 Å². The molecular weight excluding hydrogens is 196 g/mol. The SMILES string of the molecule is CC(NCCCC(N)=O)(C(=O)O)C1CC1. The normalized spacial score (nSPS) is 19.5. The number of primary amides is 1. The number of carboxylic acids is 1. The molecule has 0 saturated heterocycles. The number of carboxylic acid groups (broad SMARTS) is 1. The van der Waals surface area contributed by atoms with Gasteiger partial charge in [0.2, 0.25) is 5.91 Å². The molecule has 4 N–H and O–H groups in total. The fourth-order valence-corrected chi connectivity index (χ4v) is 1.67. The van der Waals surface area contributed by atoms with Crippen LogP contribution >= 0.6 is 0 Å².